The lowest BCUT2D eigenvalue weighted by Gasteiger charge is -2.49. The highest BCUT2D eigenvalue weighted by molar-refractivity contribution is 5.41. The molecule has 3 rings (SSSR count). The van der Waals surface area contributed by atoms with E-state index in [2.05, 4.69) is 32.9 Å². The predicted molar refractivity (Wildman–Crippen MR) is 76.3 cm³/mol. The molecule has 4 atom stereocenters. The van der Waals surface area contributed by atoms with Crippen LogP contribution in [0.1, 0.15) is 56.8 Å². The molecule has 1 N–H and O–H groups in total. The predicted octanol–water partition coefficient (Wildman–Crippen LogP) is 4.01. The molecule has 0 bridgehead atoms. The number of benzene rings is 1. The topological polar surface area (TPSA) is 29.5 Å². The van der Waals surface area contributed by atoms with E-state index in [1.807, 2.05) is 6.07 Å². The normalized spacial score (nSPS) is 37.8. The molecule has 1 fully saturated rings. The largest absolute Gasteiger partial charge is 0.486 e. The Labute approximate surface area is 115 Å². The standard InChI is InChI=1S/C17H24O2/c1-11-6-7-16-14(9-11)15(18)10-17(19-16)8-4-5-12(2)13(17)3/h6-7,9,12-13,15,18H,4-5,8,10H2,1-3H3. The minimum atomic E-state index is -0.378. The van der Waals surface area contributed by atoms with Crippen molar-refractivity contribution in [1.29, 1.82) is 0 Å². The van der Waals surface area contributed by atoms with Crippen LogP contribution < -0.4 is 4.74 Å². The molecule has 1 aromatic carbocycles. The van der Waals surface area contributed by atoms with Gasteiger partial charge in [0.15, 0.2) is 0 Å². The van der Waals surface area contributed by atoms with Gasteiger partial charge in [-0.25, -0.2) is 0 Å². The Morgan fingerprint density at radius 1 is 1.32 bits per heavy atom. The summed E-state index contributed by atoms with van der Waals surface area (Å²) in [4.78, 5) is 0. The van der Waals surface area contributed by atoms with Gasteiger partial charge in [-0.2, -0.15) is 0 Å². The van der Waals surface area contributed by atoms with Gasteiger partial charge in [-0.1, -0.05) is 31.9 Å². The summed E-state index contributed by atoms with van der Waals surface area (Å²) in [6, 6.07) is 6.16. The Hall–Kier alpha value is -1.02. The molecular weight excluding hydrogens is 236 g/mol. The van der Waals surface area contributed by atoms with E-state index in [1.165, 1.54) is 18.4 Å². The third kappa shape index (κ3) is 2.06. The molecule has 1 aliphatic carbocycles. The van der Waals surface area contributed by atoms with Gasteiger partial charge in [-0.3, -0.25) is 0 Å². The van der Waals surface area contributed by atoms with Crippen LogP contribution >= 0.6 is 0 Å². The third-order valence-electron chi connectivity index (χ3n) is 5.32. The smallest absolute Gasteiger partial charge is 0.125 e. The quantitative estimate of drug-likeness (QED) is 0.764. The minimum absolute atomic E-state index is 0.153. The number of hydrogen-bond acceptors (Lipinski definition) is 2. The Morgan fingerprint density at radius 2 is 2.11 bits per heavy atom. The first kappa shape index (κ1) is 13.0. The second-order valence-corrected chi connectivity index (χ2v) is 6.59. The number of ether oxygens (including phenoxy) is 1. The molecule has 0 amide bonds. The van der Waals surface area contributed by atoms with E-state index < -0.39 is 0 Å². The fourth-order valence-corrected chi connectivity index (χ4v) is 3.87. The lowest BCUT2D eigenvalue weighted by atomic mass is 9.67. The van der Waals surface area contributed by atoms with E-state index in [9.17, 15) is 5.11 Å². The molecule has 1 aliphatic heterocycles. The maximum Gasteiger partial charge on any atom is 0.125 e. The fraction of sp³-hybridized carbons (Fsp3) is 0.647. The molecule has 104 valence electrons. The van der Waals surface area contributed by atoms with Crippen LogP contribution in [0, 0.1) is 18.8 Å². The summed E-state index contributed by atoms with van der Waals surface area (Å²) in [5, 5.41) is 10.5. The van der Waals surface area contributed by atoms with Gasteiger partial charge in [0.2, 0.25) is 0 Å². The first-order chi connectivity index (χ1) is 9.02. The number of aryl methyl sites for hydroxylation is 1. The summed E-state index contributed by atoms with van der Waals surface area (Å²) in [5.41, 5.74) is 2.00. The Morgan fingerprint density at radius 3 is 2.89 bits per heavy atom. The van der Waals surface area contributed by atoms with Crippen LogP contribution in [0.5, 0.6) is 5.75 Å². The van der Waals surface area contributed by atoms with Crippen molar-refractivity contribution in [2.24, 2.45) is 11.8 Å². The maximum absolute atomic E-state index is 10.5. The van der Waals surface area contributed by atoms with Gasteiger partial charge in [0.05, 0.1) is 6.10 Å². The van der Waals surface area contributed by atoms with Gasteiger partial charge in [-0.15, -0.1) is 0 Å². The average molecular weight is 260 g/mol. The summed E-state index contributed by atoms with van der Waals surface area (Å²) in [6.07, 6.45) is 3.93. The molecule has 19 heavy (non-hydrogen) atoms. The number of hydrogen-bond donors (Lipinski definition) is 1. The van der Waals surface area contributed by atoms with Crippen molar-refractivity contribution in [3.63, 3.8) is 0 Å². The van der Waals surface area contributed by atoms with Crippen LogP contribution in [-0.4, -0.2) is 10.7 Å². The summed E-state index contributed by atoms with van der Waals surface area (Å²) in [7, 11) is 0. The Kier molecular flexibility index (Phi) is 3.09. The van der Waals surface area contributed by atoms with Crippen molar-refractivity contribution in [2.45, 2.75) is 58.2 Å². The van der Waals surface area contributed by atoms with Crippen molar-refractivity contribution < 1.29 is 9.84 Å². The summed E-state index contributed by atoms with van der Waals surface area (Å²) < 4.78 is 6.41. The second kappa shape index (κ2) is 4.52. The van der Waals surface area contributed by atoms with Gasteiger partial charge >= 0.3 is 0 Å². The molecule has 2 aliphatic rings. The monoisotopic (exact) mass is 260 g/mol. The zero-order chi connectivity index (χ0) is 13.6. The molecule has 4 unspecified atom stereocenters. The highest BCUT2D eigenvalue weighted by Gasteiger charge is 2.48. The second-order valence-electron chi connectivity index (χ2n) is 6.59. The van der Waals surface area contributed by atoms with Crippen molar-refractivity contribution in [2.75, 3.05) is 0 Å². The lowest BCUT2D eigenvalue weighted by molar-refractivity contribution is -0.0879. The molecule has 0 radical (unpaired) electrons. The van der Waals surface area contributed by atoms with Gasteiger partial charge in [-0.05, 0) is 43.7 Å². The van der Waals surface area contributed by atoms with Crippen molar-refractivity contribution in [3.8, 4) is 5.75 Å². The SMILES string of the molecule is Cc1ccc2c(c1)C(O)CC1(CCCC(C)C1C)O2. The van der Waals surface area contributed by atoms with E-state index in [0.29, 0.717) is 11.8 Å². The zero-order valence-corrected chi connectivity index (χ0v) is 12.1. The summed E-state index contributed by atoms with van der Waals surface area (Å²) >= 11 is 0. The zero-order valence-electron chi connectivity index (χ0n) is 12.1. The highest BCUT2D eigenvalue weighted by atomic mass is 16.5. The van der Waals surface area contributed by atoms with Gasteiger partial charge in [0.25, 0.3) is 0 Å². The molecule has 1 spiro atoms. The number of aliphatic hydroxyl groups is 1. The molecule has 2 nitrogen and oxygen atoms in total. The number of rotatable bonds is 0. The van der Waals surface area contributed by atoms with Gasteiger partial charge in [0.1, 0.15) is 11.4 Å². The van der Waals surface area contributed by atoms with E-state index in [0.717, 1.165) is 24.2 Å². The molecule has 0 saturated heterocycles. The van der Waals surface area contributed by atoms with Gasteiger partial charge < -0.3 is 9.84 Å². The maximum atomic E-state index is 10.5. The molecule has 1 heterocycles. The molecule has 1 aromatic rings. The molecule has 0 aromatic heterocycles. The first-order valence-electron chi connectivity index (χ1n) is 7.49. The Bertz CT molecular complexity index is 482. The summed E-state index contributed by atoms with van der Waals surface area (Å²) in [6.45, 7) is 6.66. The van der Waals surface area contributed by atoms with Crippen LogP contribution in [0.2, 0.25) is 0 Å². The van der Waals surface area contributed by atoms with Crippen LogP contribution in [0.4, 0.5) is 0 Å². The van der Waals surface area contributed by atoms with E-state index >= 15 is 0 Å². The Balaban J connectivity index is 1.98. The first-order valence-corrected chi connectivity index (χ1v) is 7.49. The molecule has 2 heteroatoms. The van der Waals surface area contributed by atoms with Crippen LogP contribution in [0.15, 0.2) is 18.2 Å². The minimum Gasteiger partial charge on any atom is -0.486 e. The van der Waals surface area contributed by atoms with Crippen LogP contribution in [-0.2, 0) is 0 Å². The van der Waals surface area contributed by atoms with Crippen molar-refractivity contribution in [1.82, 2.24) is 0 Å². The summed E-state index contributed by atoms with van der Waals surface area (Å²) in [5.74, 6) is 2.07. The van der Waals surface area contributed by atoms with E-state index in [4.69, 9.17) is 4.74 Å². The third-order valence-corrected chi connectivity index (χ3v) is 5.32. The fourth-order valence-electron chi connectivity index (χ4n) is 3.87. The van der Waals surface area contributed by atoms with Crippen molar-refractivity contribution in [3.05, 3.63) is 29.3 Å². The average Bonchev–Trinajstić information content (AvgIpc) is 2.37. The van der Waals surface area contributed by atoms with Crippen molar-refractivity contribution >= 4 is 0 Å². The lowest BCUT2D eigenvalue weighted by Crippen LogP contribution is -2.50. The van der Waals surface area contributed by atoms with Crippen LogP contribution in [0.3, 0.4) is 0 Å². The molecular formula is C17H24O2. The van der Waals surface area contributed by atoms with E-state index in [-0.39, 0.29) is 11.7 Å². The molecule has 1 saturated carbocycles. The van der Waals surface area contributed by atoms with Gasteiger partial charge in [0, 0.05) is 12.0 Å². The van der Waals surface area contributed by atoms with Crippen LogP contribution in [0.25, 0.3) is 0 Å². The number of aliphatic hydroxyl groups excluding tert-OH is 1. The highest BCUT2D eigenvalue weighted by Crippen LogP contribution is 2.50. The van der Waals surface area contributed by atoms with E-state index in [1.54, 1.807) is 0 Å². The number of fused-ring (bicyclic) bond motifs is 1.